The van der Waals surface area contributed by atoms with Crippen LogP contribution < -0.4 is 4.90 Å². The topological polar surface area (TPSA) is 67.2 Å². The second-order valence-corrected chi connectivity index (χ2v) is 6.81. The summed E-state index contributed by atoms with van der Waals surface area (Å²) in [6, 6.07) is 7.61. The number of hydrogen-bond donors (Lipinski definition) is 0. The summed E-state index contributed by atoms with van der Waals surface area (Å²) in [6.45, 7) is 6.48. The highest BCUT2D eigenvalue weighted by atomic mass is 19.1. The van der Waals surface area contributed by atoms with E-state index in [2.05, 4.69) is 19.9 Å². The summed E-state index contributed by atoms with van der Waals surface area (Å²) < 4.78 is 15.0. The minimum absolute atomic E-state index is 0.0763. The van der Waals surface area contributed by atoms with Crippen molar-refractivity contribution in [2.45, 2.75) is 13.8 Å². The van der Waals surface area contributed by atoms with Gasteiger partial charge in [0.2, 0.25) is 0 Å². The number of piperazine rings is 1. The molecule has 0 N–H and O–H groups in total. The van der Waals surface area contributed by atoms with E-state index in [4.69, 9.17) is 0 Å². The molecule has 7 nitrogen and oxygen atoms in total. The van der Waals surface area contributed by atoms with Gasteiger partial charge in [-0.1, -0.05) is 0 Å². The number of aryl methyl sites for hydroxylation is 1. The van der Waals surface area contributed by atoms with E-state index in [0.717, 1.165) is 23.0 Å². The number of halogens is 1. The van der Waals surface area contributed by atoms with E-state index in [0.29, 0.717) is 31.7 Å². The molecule has 0 bridgehead atoms. The van der Waals surface area contributed by atoms with Crippen LogP contribution in [-0.4, -0.2) is 56.5 Å². The summed E-state index contributed by atoms with van der Waals surface area (Å²) in [7, 11) is 0. The lowest BCUT2D eigenvalue weighted by molar-refractivity contribution is 0.0746. The van der Waals surface area contributed by atoms with Gasteiger partial charge >= 0.3 is 0 Å². The molecule has 4 rings (SSSR count). The number of nitrogens with zero attached hydrogens (tertiary/aromatic N) is 6. The molecule has 3 heterocycles. The predicted molar refractivity (Wildman–Crippen MR) is 103 cm³/mol. The molecule has 0 aliphatic carbocycles. The van der Waals surface area contributed by atoms with Crippen LogP contribution in [0.2, 0.25) is 0 Å². The molecule has 28 heavy (non-hydrogen) atoms. The predicted octanol–water partition coefficient (Wildman–Crippen LogP) is 2.38. The smallest absolute Gasteiger partial charge is 0.253 e. The van der Waals surface area contributed by atoms with Crippen molar-refractivity contribution in [1.29, 1.82) is 0 Å². The Kier molecular flexibility index (Phi) is 4.77. The van der Waals surface area contributed by atoms with Gasteiger partial charge in [0.1, 0.15) is 30.1 Å². The zero-order valence-corrected chi connectivity index (χ0v) is 15.8. The van der Waals surface area contributed by atoms with E-state index in [-0.39, 0.29) is 11.7 Å². The van der Waals surface area contributed by atoms with E-state index in [1.807, 2.05) is 24.5 Å². The van der Waals surface area contributed by atoms with Crippen LogP contribution >= 0.6 is 0 Å². The fourth-order valence-corrected chi connectivity index (χ4v) is 3.29. The molecular weight excluding hydrogens is 359 g/mol. The second-order valence-electron chi connectivity index (χ2n) is 6.81. The van der Waals surface area contributed by atoms with E-state index < -0.39 is 0 Å². The van der Waals surface area contributed by atoms with Gasteiger partial charge in [0.25, 0.3) is 5.91 Å². The maximum absolute atomic E-state index is 13.1. The minimum atomic E-state index is -0.343. The standard InChI is InChI=1S/C20H21FN6O/c1-14-15(2)27(13-24-14)19-11-18(22-12-23-19)25-7-9-26(10-8-25)20(28)16-3-5-17(21)6-4-16/h3-6,11-13H,7-10H2,1-2H3. The summed E-state index contributed by atoms with van der Waals surface area (Å²) in [6.07, 6.45) is 3.31. The first-order chi connectivity index (χ1) is 13.5. The van der Waals surface area contributed by atoms with Crippen molar-refractivity contribution in [3.05, 3.63) is 65.8 Å². The third-order valence-corrected chi connectivity index (χ3v) is 5.12. The molecule has 144 valence electrons. The van der Waals surface area contributed by atoms with Crippen molar-refractivity contribution in [3.63, 3.8) is 0 Å². The van der Waals surface area contributed by atoms with Gasteiger partial charge in [0.05, 0.1) is 5.69 Å². The Bertz CT molecular complexity index is 992. The molecule has 0 saturated carbocycles. The summed E-state index contributed by atoms with van der Waals surface area (Å²) in [5.41, 5.74) is 2.51. The minimum Gasteiger partial charge on any atom is -0.353 e. The van der Waals surface area contributed by atoms with Crippen LogP contribution in [0.4, 0.5) is 10.2 Å². The van der Waals surface area contributed by atoms with Crippen LogP contribution in [0, 0.1) is 19.7 Å². The molecular formula is C20H21FN6O. The maximum atomic E-state index is 13.1. The molecule has 0 atom stereocenters. The summed E-state index contributed by atoms with van der Waals surface area (Å²) in [5.74, 6) is 1.18. The molecule has 3 aromatic rings. The molecule has 1 amide bonds. The SMILES string of the molecule is Cc1ncn(-c2cc(N3CCN(C(=O)c4ccc(F)cc4)CC3)ncn2)c1C. The number of carbonyl (C=O) groups is 1. The number of carbonyl (C=O) groups excluding carboxylic acids is 1. The Labute approximate surface area is 162 Å². The maximum Gasteiger partial charge on any atom is 0.253 e. The zero-order valence-electron chi connectivity index (χ0n) is 15.8. The third kappa shape index (κ3) is 3.45. The fourth-order valence-electron chi connectivity index (χ4n) is 3.29. The number of imidazole rings is 1. The first kappa shape index (κ1) is 18.1. The van der Waals surface area contributed by atoms with Crippen LogP contribution in [-0.2, 0) is 0 Å². The van der Waals surface area contributed by atoms with Gasteiger partial charge in [-0.15, -0.1) is 0 Å². The largest absolute Gasteiger partial charge is 0.353 e. The van der Waals surface area contributed by atoms with Gasteiger partial charge in [0, 0.05) is 43.5 Å². The van der Waals surface area contributed by atoms with E-state index >= 15 is 0 Å². The van der Waals surface area contributed by atoms with Gasteiger partial charge in [-0.25, -0.2) is 19.3 Å². The zero-order chi connectivity index (χ0) is 19.7. The molecule has 8 heteroatoms. The number of anilines is 1. The molecule has 1 saturated heterocycles. The van der Waals surface area contributed by atoms with Crippen LogP contribution in [0.15, 0.2) is 43.0 Å². The van der Waals surface area contributed by atoms with Crippen molar-refractivity contribution in [3.8, 4) is 5.82 Å². The van der Waals surface area contributed by atoms with Crippen molar-refractivity contribution < 1.29 is 9.18 Å². The Morgan fingerprint density at radius 2 is 1.64 bits per heavy atom. The number of amides is 1. The average molecular weight is 380 g/mol. The fraction of sp³-hybridized carbons (Fsp3) is 0.300. The molecule has 1 aliphatic heterocycles. The third-order valence-electron chi connectivity index (χ3n) is 5.12. The van der Waals surface area contributed by atoms with Gasteiger partial charge in [-0.05, 0) is 38.1 Å². The molecule has 0 unspecified atom stereocenters. The van der Waals surface area contributed by atoms with Crippen LogP contribution in [0.25, 0.3) is 5.82 Å². The first-order valence-electron chi connectivity index (χ1n) is 9.15. The van der Waals surface area contributed by atoms with E-state index in [9.17, 15) is 9.18 Å². The number of hydrogen-bond acceptors (Lipinski definition) is 5. The van der Waals surface area contributed by atoms with Gasteiger partial charge in [-0.2, -0.15) is 0 Å². The van der Waals surface area contributed by atoms with Crippen molar-refractivity contribution in [2.24, 2.45) is 0 Å². The lowest BCUT2D eigenvalue weighted by atomic mass is 10.2. The lowest BCUT2D eigenvalue weighted by Gasteiger charge is -2.35. The van der Waals surface area contributed by atoms with Crippen molar-refractivity contribution >= 4 is 11.7 Å². The first-order valence-corrected chi connectivity index (χ1v) is 9.15. The van der Waals surface area contributed by atoms with Crippen LogP contribution in [0.3, 0.4) is 0 Å². The van der Waals surface area contributed by atoms with Gasteiger partial charge in [-0.3, -0.25) is 9.36 Å². The van der Waals surface area contributed by atoms with Crippen molar-refractivity contribution in [1.82, 2.24) is 24.4 Å². The Morgan fingerprint density at radius 1 is 0.964 bits per heavy atom. The average Bonchev–Trinajstić information content (AvgIpc) is 3.07. The number of aromatic nitrogens is 4. The van der Waals surface area contributed by atoms with E-state index in [1.165, 1.54) is 24.3 Å². The molecule has 0 radical (unpaired) electrons. The normalized spacial score (nSPS) is 14.4. The molecule has 1 aliphatic rings. The second kappa shape index (κ2) is 7.38. The number of benzene rings is 1. The Balaban J connectivity index is 1.45. The lowest BCUT2D eigenvalue weighted by Crippen LogP contribution is -2.49. The molecule has 1 aromatic carbocycles. The van der Waals surface area contributed by atoms with Gasteiger partial charge < -0.3 is 9.80 Å². The highest BCUT2D eigenvalue weighted by molar-refractivity contribution is 5.94. The monoisotopic (exact) mass is 380 g/mol. The molecule has 0 spiro atoms. The van der Waals surface area contributed by atoms with Crippen LogP contribution in [0.1, 0.15) is 21.7 Å². The van der Waals surface area contributed by atoms with Gasteiger partial charge in [0.15, 0.2) is 0 Å². The highest BCUT2D eigenvalue weighted by Crippen LogP contribution is 2.19. The van der Waals surface area contributed by atoms with Crippen LogP contribution in [0.5, 0.6) is 0 Å². The van der Waals surface area contributed by atoms with Crippen molar-refractivity contribution in [2.75, 3.05) is 31.1 Å². The summed E-state index contributed by atoms with van der Waals surface area (Å²) in [4.78, 5) is 29.6. The summed E-state index contributed by atoms with van der Waals surface area (Å²) >= 11 is 0. The highest BCUT2D eigenvalue weighted by Gasteiger charge is 2.23. The Morgan fingerprint density at radius 3 is 2.29 bits per heavy atom. The summed E-state index contributed by atoms with van der Waals surface area (Å²) in [5, 5.41) is 0. The number of rotatable bonds is 3. The molecule has 1 fully saturated rings. The van der Waals surface area contributed by atoms with E-state index in [1.54, 1.807) is 17.6 Å². The quantitative estimate of drug-likeness (QED) is 0.698. The molecule has 2 aromatic heterocycles. The Hall–Kier alpha value is -3.29.